The van der Waals surface area contributed by atoms with Crippen LogP contribution >= 0.6 is 27.7 Å². The van der Waals surface area contributed by atoms with Crippen molar-refractivity contribution in [1.82, 2.24) is 24.9 Å². The van der Waals surface area contributed by atoms with Crippen LogP contribution in [0.15, 0.2) is 78.1 Å². The van der Waals surface area contributed by atoms with Gasteiger partial charge in [-0.05, 0) is 66.6 Å². The van der Waals surface area contributed by atoms with Gasteiger partial charge in [-0.15, -0.1) is 11.7 Å². The molecule has 4 atom stereocenters. The molecular weight excluding hydrogens is 562 g/mol. The van der Waals surface area contributed by atoms with Gasteiger partial charge in [0, 0.05) is 40.8 Å². The standard InChI is InChI=1S/C29H28BrN5O2S/c1-3-18(16-34-17-26(32-33-34)19-4-6-21(30)7-5-19)20-11-13-35-27(14-20)28(38-29(35)36)23-10-12-31-25-9-8-22(37-2)15-24(23)25/h3-10,12,15,17-18,20,27-28H,1,11,13-14,16H2,2H3/t18-,20-,27-,28-/m0/s1. The van der Waals surface area contributed by atoms with Crippen LogP contribution in [0.5, 0.6) is 5.75 Å². The quantitative estimate of drug-likeness (QED) is 0.222. The lowest BCUT2D eigenvalue weighted by Crippen LogP contribution is -2.43. The van der Waals surface area contributed by atoms with E-state index in [1.165, 1.54) is 11.8 Å². The van der Waals surface area contributed by atoms with Gasteiger partial charge in [-0.3, -0.25) is 14.5 Å². The van der Waals surface area contributed by atoms with E-state index in [1.807, 2.05) is 65.6 Å². The SMILES string of the molecule is C=C[C@@H](Cn1cc(-c2ccc(Br)cc2)nn1)[C@H]1CCN2C(=O)S[C@@H](c3ccnc4ccc(OC)cc34)[C@@H]2C1. The average molecular weight is 591 g/mol. The van der Waals surface area contributed by atoms with Gasteiger partial charge in [-0.25, -0.2) is 0 Å². The number of pyridine rings is 1. The highest BCUT2D eigenvalue weighted by atomic mass is 79.9. The Morgan fingerprint density at radius 3 is 2.87 bits per heavy atom. The van der Waals surface area contributed by atoms with Crippen molar-refractivity contribution in [3.8, 4) is 17.0 Å². The fourth-order valence-electron chi connectivity index (χ4n) is 5.75. The van der Waals surface area contributed by atoms with Crippen molar-refractivity contribution in [2.75, 3.05) is 13.7 Å². The van der Waals surface area contributed by atoms with E-state index in [-0.39, 0.29) is 22.4 Å². The number of hydrogen-bond acceptors (Lipinski definition) is 6. The number of rotatable bonds is 7. The van der Waals surface area contributed by atoms with Gasteiger partial charge in [-0.1, -0.05) is 51.1 Å². The number of methoxy groups -OCH3 is 1. The van der Waals surface area contributed by atoms with Gasteiger partial charge in [0.25, 0.3) is 5.24 Å². The Balaban J connectivity index is 1.23. The molecule has 9 heteroatoms. The van der Waals surface area contributed by atoms with Gasteiger partial charge in [0.2, 0.25) is 0 Å². The van der Waals surface area contributed by atoms with Gasteiger partial charge in [0.15, 0.2) is 0 Å². The molecule has 2 aromatic carbocycles. The second kappa shape index (κ2) is 10.5. The van der Waals surface area contributed by atoms with Crippen molar-refractivity contribution >= 4 is 43.8 Å². The molecule has 0 spiro atoms. The monoisotopic (exact) mass is 589 g/mol. The zero-order valence-electron chi connectivity index (χ0n) is 21.0. The van der Waals surface area contributed by atoms with Gasteiger partial charge in [0.1, 0.15) is 11.4 Å². The first kappa shape index (κ1) is 25.1. The van der Waals surface area contributed by atoms with Crippen LogP contribution in [0.2, 0.25) is 0 Å². The third-order valence-electron chi connectivity index (χ3n) is 7.77. The van der Waals surface area contributed by atoms with E-state index in [0.29, 0.717) is 12.5 Å². The lowest BCUT2D eigenvalue weighted by Gasteiger charge is -2.39. The molecule has 2 aliphatic heterocycles. The predicted molar refractivity (Wildman–Crippen MR) is 154 cm³/mol. The molecule has 4 heterocycles. The van der Waals surface area contributed by atoms with Crippen molar-refractivity contribution in [3.05, 3.63) is 83.6 Å². The largest absolute Gasteiger partial charge is 0.497 e. The van der Waals surface area contributed by atoms with E-state index in [4.69, 9.17) is 4.74 Å². The first-order chi connectivity index (χ1) is 18.5. The summed E-state index contributed by atoms with van der Waals surface area (Å²) in [5.74, 6) is 1.42. The number of halogens is 1. The molecule has 2 aromatic heterocycles. The van der Waals surface area contributed by atoms with Gasteiger partial charge in [0.05, 0.1) is 24.1 Å². The molecule has 4 aromatic rings. The summed E-state index contributed by atoms with van der Waals surface area (Å²) in [6, 6.07) is 16.2. The van der Waals surface area contributed by atoms with Crippen LogP contribution in [0.4, 0.5) is 4.79 Å². The molecule has 7 nitrogen and oxygen atoms in total. The highest BCUT2D eigenvalue weighted by molar-refractivity contribution is 9.10. The molecule has 38 heavy (non-hydrogen) atoms. The minimum atomic E-state index is 0.0451. The number of carbonyl (C=O) groups is 1. The summed E-state index contributed by atoms with van der Waals surface area (Å²) in [4.78, 5) is 19.7. The summed E-state index contributed by atoms with van der Waals surface area (Å²) < 4.78 is 8.44. The van der Waals surface area contributed by atoms with Gasteiger partial charge >= 0.3 is 0 Å². The molecule has 194 valence electrons. The third-order valence-corrected chi connectivity index (χ3v) is 9.56. The Hall–Kier alpha value is -3.17. The molecule has 2 aliphatic rings. The maximum Gasteiger partial charge on any atom is 0.282 e. The fraction of sp³-hybridized carbons (Fsp3) is 0.310. The molecule has 1 amide bonds. The topological polar surface area (TPSA) is 73.1 Å². The van der Waals surface area contributed by atoms with Crippen molar-refractivity contribution in [3.63, 3.8) is 0 Å². The van der Waals surface area contributed by atoms with Crippen LogP contribution in [0, 0.1) is 11.8 Å². The van der Waals surface area contributed by atoms with E-state index in [0.717, 1.165) is 57.3 Å². The molecule has 0 unspecified atom stereocenters. The number of nitrogens with zero attached hydrogens (tertiary/aromatic N) is 5. The first-order valence-electron chi connectivity index (χ1n) is 12.7. The molecule has 0 aliphatic carbocycles. The molecule has 0 N–H and O–H groups in total. The number of fused-ring (bicyclic) bond motifs is 2. The molecule has 0 bridgehead atoms. The van der Waals surface area contributed by atoms with E-state index < -0.39 is 0 Å². The number of benzene rings is 2. The van der Waals surface area contributed by atoms with Crippen LogP contribution in [0.1, 0.15) is 23.7 Å². The van der Waals surface area contributed by atoms with Crippen molar-refractivity contribution in [2.24, 2.45) is 11.8 Å². The van der Waals surface area contributed by atoms with E-state index in [1.54, 1.807) is 7.11 Å². The molecule has 0 saturated carbocycles. The molecule has 6 rings (SSSR count). The van der Waals surface area contributed by atoms with Crippen LogP contribution in [-0.4, -0.2) is 49.8 Å². The highest BCUT2D eigenvalue weighted by Crippen LogP contribution is 2.50. The summed E-state index contributed by atoms with van der Waals surface area (Å²) in [6.45, 7) is 5.64. The number of thioether (sulfide) groups is 1. The zero-order chi connectivity index (χ0) is 26.2. The van der Waals surface area contributed by atoms with Crippen LogP contribution in [0.3, 0.4) is 0 Å². The molecule has 2 fully saturated rings. The van der Waals surface area contributed by atoms with Crippen LogP contribution in [0.25, 0.3) is 22.2 Å². The summed E-state index contributed by atoms with van der Waals surface area (Å²) in [6.07, 6.45) is 7.77. The summed E-state index contributed by atoms with van der Waals surface area (Å²) in [5.41, 5.74) is 3.95. The second-order valence-electron chi connectivity index (χ2n) is 9.87. The lowest BCUT2D eigenvalue weighted by molar-refractivity contribution is 0.129. The Kier molecular flexibility index (Phi) is 6.97. The molecular formula is C29H28BrN5O2S. The van der Waals surface area contributed by atoms with E-state index in [9.17, 15) is 4.79 Å². The Morgan fingerprint density at radius 1 is 1.24 bits per heavy atom. The number of aromatic nitrogens is 4. The fourth-order valence-corrected chi connectivity index (χ4v) is 7.34. The van der Waals surface area contributed by atoms with Gasteiger partial charge < -0.3 is 9.64 Å². The molecule has 0 radical (unpaired) electrons. The van der Waals surface area contributed by atoms with Crippen molar-refractivity contribution in [2.45, 2.75) is 30.7 Å². The van der Waals surface area contributed by atoms with Gasteiger partial charge in [-0.2, -0.15) is 0 Å². The number of ether oxygens (including phenoxy) is 1. The van der Waals surface area contributed by atoms with E-state index >= 15 is 0 Å². The number of hydrogen-bond donors (Lipinski definition) is 0. The first-order valence-corrected chi connectivity index (χ1v) is 14.4. The van der Waals surface area contributed by atoms with Crippen molar-refractivity contribution < 1.29 is 9.53 Å². The smallest absolute Gasteiger partial charge is 0.282 e. The Morgan fingerprint density at radius 2 is 2.08 bits per heavy atom. The minimum Gasteiger partial charge on any atom is -0.497 e. The number of allylic oxidation sites excluding steroid dienone is 1. The Bertz CT molecular complexity index is 1490. The maximum atomic E-state index is 13.1. The van der Waals surface area contributed by atoms with Crippen molar-refractivity contribution in [1.29, 1.82) is 0 Å². The lowest BCUT2D eigenvalue weighted by atomic mass is 9.79. The maximum absolute atomic E-state index is 13.1. The zero-order valence-corrected chi connectivity index (χ0v) is 23.4. The van der Waals surface area contributed by atoms with Crippen LogP contribution in [-0.2, 0) is 6.54 Å². The normalized spacial score (nSPS) is 21.9. The predicted octanol–water partition coefficient (Wildman–Crippen LogP) is 6.76. The highest BCUT2D eigenvalue weighted by Gasteiger charge is 2.46. The minimum absolute atomic E-state index is 0.0451. The number of piperidine rings is 1. The summed E-state index contributed by atoms with van der Waals surface area (Å²) >= 11 is 4.92. The van der Waals surface area contributed by atoms with E-state index in [2.05, 4.69) is 48.8 Å². The summed E-state index contributed by atoms with van der Waals surface area (Å²) in [5, 5.41) is 10.1. The Labute approximate surface area is 234 Å². The summed E-state index contributed by atoms with van der Waals surface area (Å²) in [7, 11) is 1.67. The van der Waals surface area contributed by atoms with Crippen LogP contribution < -0.4 is 4.74 Å². The number of amides is 1. The number of carbonyl (C=O) groups excluding carboxylic acids is 1. The second-order valence-corrected chi connectivity index (χ2v) is 11.9. The average Bonchev–Trinajstić information content (AvgIpc) is 3.55. The molecule has 2 saturated heterocycles. The third kappa shape index (κ3) is 4.73.